The van der Waals surface area contributed by atoms with E-state index >= 15 is 4.39 Å². The topological polar surface area (TPSA) is 107 Å². The molecule has 1 aromatic heterocycles. The Morgan fingerprint density at radius 3 is 2.39 bits per heavy atom. The van der Waals surface area contributed by atoms with Crippen molar-refractivity contribution in [2.24, 2.45) is 11.8 Å². The Bertz CT molecular complexity index is 1240. The summed E-state index contributed by atoms with van der Waals surface area (Å²) < 4.78 is 70.2. The summed E-state index contributed by atoms with van der Waals surface area (Å²) in [5.74, 6) is -2.37. The van der Waals surface area contributed by atoms with Crippen molar-refractivity contribution < 1.29 is 36.2 Å². The van der Waals surface area contributed by atoms with Gasteiger partial charge in [-0.2, -0.15) is 4.39 Å². The molecule has 1 amide bonds. The molecule has 0 spiro atoms. The number of hydrogen-bond acceptors (Lipinski definition) is 8. The number of piperidine rings is 1. The van der Waals surface area contributed by atoms with Crippen molar-refractivity contribution in [3.05, 3.63) is 42.1 Å². The van der Waals surface area contributed by atoms with Crippen molar-refractivity contribution in [3.8, 4) is 5.88 Å². The summed E-state index contributed by atoms with van der Waals surface area (Å²) in [4.78, 5) is 18.0. The number of pyridine rings is 1. The third-order valence-electron chi connectivity index (χ3n) is 5.90. The van der Waals surface area contributed by atoms with E-state index in [1.54, 1.807) is 25.7 Å². The van der Waals surface area contributed by atoms with Crippen molar-refractivity contribution in [3.63, 3.8) is 0 Å². The van der Waals surface area contributed by atoms with Gasteiger partial charge in [0.15, 0.2) is 9.84 Å². The molecule has 1 N–H and O–H groups in total. The van der Waals surface area contributed by atoms with E-state index in [-0.39, 0.29) is 34.0 Å². The van der Waals surface area contributed by atoms with Gasteiger partial charge in [-0.25, -0.2) is 22.6 Å². The number of likely N-dealkylation sites (tertiary alicyclic amines) is 1. The first-order chi connectivity index (χ1) is 16.8. The van der Waals surface area contributed by atoms with Crippen LogP contribution in [0.25, 0.3) is 0 Å². The van der Waals surface area contributed by atoms with Gasteiger partial charge >= 0.3 is 6.09 Å². The molecular weight excluding hydrogens is 496 g/mol. The highest BCUT2D eigenvalue weighted by molar-refractivity contribution is 7.90. The van der Waals surface area contributed by atoms with Gasteiger partial charge in [-0.3, -0.25) is 0 Å². The number of fused-ring (bicyclic) bond motifs is 2. The Morgan fingerprint density at radius 1 is 1.14 bits per heavy atom. The maximum Gasteiger partial charge on any atom is 0.410 e. The molecule has 2 unspecified atom stereocenters. The number of carbonyl (C=O) groups excluding carboxylic acids is 1. The maximum absolute atomic E-state index is 15.3. The minimum Gasteiger partial charge on any atom is -0.471 e. The lowest BCUT2D eigenvalue weighted by molar-refractivity contribution is -0.114. The van der Waals surface area contributed by atoms with Crippen molar-refractivity contribution in [1.82, 2.24) is 9.88 Å². The van der Waals surface area contributed by atoms with Gasteiger partial charge in [-0.15, -0.1) is 0 Å². The fourth-order valence-corrected chi connectivity index (χ4v) is 4.91. The fourth-order valence-electron chi connectivity index (χ4n) is 4.27. The zero-order valence-corrected chi connectivity index (χ0v) is 21.3. The first-order valence-electron chi connectivity index (χ1n) is 11.5. The molecule has 9 nitrogen and oxygen atoms in total. The molecule has 0 aliphatic carbocycles. The molecule has 2 fully saturated rings. The van der Waals surface area contributed by atoms with Crippen molar-refractivity contribution in [1.29, 1.82) is 0 Å². The lowest BCUT2D eigenvalue weighted by Gasteiger charge is -2.46. The van der Waals surface area contributed by atoms with Gasteiger partial charge in [0.05, 0.1) is 29.5 Å². The number of ether oxygens (including phenoxy) is 3. The highest BCUT2D eigenvalue weighted by atomic mass is 32.2. The van der Waals surface area contributed by atoms with E-state index in [0.717, 1.165) is 12.3 Å². The third-order valence-corrected chi connectivity index (χ3v) is 7.01. The monoisotopic (exact) mass is 525 g/mol. The molecule has 0 radical (unpaired) electrons. The number of benzene rings is 1. The fraction of sp³-hybridized carbons (Fsp3) is 0.500. The van der Waals surface area contributed by atoms with Gasteiger partial charge in [0, 0.05) is 37.4 Å². The average Bonchev–Trinajstić information content (AvgIpc) is 2.75. The lowest BCUT2D eigenvalue weighted by atomic mass is 9.84. The molecule has 12 heteroatoms. The van der Waals surface area contributed by atoms with Gasteiger partial charge in [-0.1, -0.05) is 0 Å². The number of nitrogens with one attached hydrogen (secondary N) is 1. The van der Waals surface area contributed by atoms with Crippen LogP contribution < -0.4 is 10.1 Å². The normalized spacial score (nSPS) is 22.2. The van der Waals surface area contributed by atoms with E-state index in [1.165, 1.54) is 24.4 Å². The first kappa shape index (κ1) is 26.1. The molecule has 2 aromatic rings. The summed E-state index contributed by atoms with van der Waals surface area (Å²) in [7, 11) is -3.59. The Labute approximate surface area is 208 Å². The van der Waals surface area contributed by atoms with Crippen LogP contribution in [0.15, 0.2) is 35.4 Å². The van der Waals surface area contributed by atoms with Gasteiger partial charge in [0.2, 0.25) is 5.82 Å². The van der Waals surface area contributed by atoms with Crippen molar-refractivity contribution in [2.45, 2.75) is 37.4 Å². The number of amides is 1. The van der Waals surface area contributed by atoms with Crippen molar-refractivity contribution >= 4 is 27.3 Å². The number of rotatable bonds is 5. The average molecular weight is 526 g/mol. The highest BCUT2D eigenvalue weighted by Gasteiger charge is 2.44. The molecule has 2 aliphatic rings. The second-order valence-corrected chi connectivity index (χ2v) is 12.1. The Kier molecular flexibility index (Phi) is 7.11. The molecule has 1 aromatic carbocycles. The summed E-state index contributed by atoms with van der Waals surface area (Å²) in [5, 5.41) is 2.63. The molecule has 0 saturated carbocycles. The molecule has 36 heavy (non-hydrogen) atoms. The van der Waals surface area contributed by atoms with Crippen LogP contribution in [0.5, 0.6) is 5.88 Å². The van der Waals surface area contributed by atoms with Gasteiger partial charge in [-0.05, 0) is 45.0 Å². The number of anilines is 2. The Morgan fingerprint density at radius 2 is 1.81 bits per heavy atom. The highest BCUT2D eigenvalue weighted by Crippen LogP contribution is 2.34. The SMILES string of the molecule is CC(C)(C)OC(=O)N1CC2COCC(C1)C2Oc1nccc(Nc2ccc(S(C)(=O)=O)cc2F)c1F. The largest absolute Gasteiger partial charge is 0.471 e. The number of carbonyl (C=O) groups is 1. The Balaban J connectivity index is 1.50. The quantitative estimate of drug-likeness (QED) is 0.629. The molecule has 3 heterocycles. The Hall–Kier alpha value is -2.99. The predicted octanol–water partition coefficient (Wildman–Crippen LogP) is 3.77. The van der Waals surface area contributed by atoms with Crippen LogP contribution in [0.4, 0.5) is 25.0 Å². The molecule has 2 bridgehead atoms. The summed E-state index contributed by atoms with van der Waals surface area (Å²) in [6, 6.07) is 4.64. The van der Waals surface area contributed by atoms with Crippen LogP contribution >= 0.6 is 0 Å². The number of nitrogens with zero attached hydrogens (tertiary/aromatic N) is 2. The van der Waals surface area contributed by atoms with Crippen LogP contribution in [0.1, 0.15) is 20.8 Å². The lowest BCUT2D eigenvalue weighted by Crippen LogP contribution is -2.59. The molecule has 2 saturated heterocycles. The molecule has 2 atom stereocenters. The summed E-state index contributed by atoms with van der Waals surface area (Å²) in [5.41, 5.74) is -0.811. The van der Waals surface area contributed by atoms with E-state index in [9.17, 15) is 17.6 Å². The van der Waals surface area contributed by atoms with Crippen LogP contribution in [0.2, 0.25) is 0 Å². The summed E-state index contributed by atoms with van der Waals surface area (Å²) >= 11 is 0. The summed E-state index contributed by atoms with van der Waals surface area (Å²) in [6.45, 7) is 6.71. The van der Waals surface area contributed by atoms with Crippen LogP contribution in [-0.2, 0) is 19.3 Å². The second kappa shape index (κ2) is 9.81. The minimum absolute atomic E-state index is 0.0846. The van der Waals surface area contributed by atoms with Crippen LogP contribution in [-0.4, -0.2) is 68.7 Å². The first-order valence-corrected chi connectivity index (χ1v) is 13.3. The van der Waals surface area contributed by atoms with E-state index < -0.39 is 39.3 Å². The minimum atomic E-state index is -3.59. The molecular formula is C24H29F2N3O6S. The third kappa shape index (κ3) is 5.86. The molecule has 4 rings (SSSR count). The number of hydrogen-bond donors (Lipinski definition) is 1. The molecule has 196 valence electrons. The summed E-state index contributed by atoms with van der Waals surface area (Å²) in [6.07, 6.45) is 1.43. The van der Waals surface area contributed by atoms with Crippen LogP contribution in [0.3, 0.4) is 0 Å². The predicted molar refractivity (Wildman–Crippen MR) is 127 cm³/mol. The zero-order chi connectivity index (χ0) is 26.3. The van der Waals surface area contributed by atoms with Gasteiger partial charge in [0.1, 0.15) is 17.5 Å². The van der Waals surface area contributed by atoms with Crippen LogP contribution in [0, 0.1) is 23.5 Å². The number of aromatic nitrogens is 1. The van der Waals surface area contributed by atoms with Crippen molar-refractivity contribution in [2.75, 3.05) is 37.9 Å². The van der Waals surface area contributed by atoms with E-state index in [1.807, 2.05) is 0 Å². The van der Waals surface area contributed by atoms with Gasteiger partial charge < -0.3 is 24.4 Å². The van der Waals surface area contributed by atoms with Gasteiger partial charge in [0.25, 0.3) is 5.88 Å². The molecule has 2 aliphatic heterocycles. The zero-order valence-electron chi connectivity index (χ0n) is 20.5. The second-order valence-electron chi connectivity index (χ2n) is 10.0. The standard InChI is InChI=1S/C24H29F2N3O6S/c1-24(2,3)35-23(30)29-10-14-12-33-13-15(11-29)21(14)34-22-20(26)19(7-8-27-22)28-18-6-5-16(9-17(18)25)36(4,31)32/h5-9,14-15,21H,10-13H2,1-4H3,(H,27,28). The van der Waals surface area contributed by atoms with E-state index in [0.29, 0.717) is 26.3 Å². The maximum atomic E-state index is 15.3. The van der Waals surface area contributed by atoms with E-state index in [2.05, 4.69) is 10.3 Å². The number of sulfone groups is 1. The van der Waals surface area contributed by atoms with E-state index in [4.69, 9.17) is 14.2 Å². The number of halogens is 2. The smallest absolute Gasteiger partial charge is 0.410 e.